The van der Waals surface area contributed by atoms with Crippen molar-refractivity contribution in [2.45, 2.75) is 0 Å². The van der Waals surface area contributed by atoms with Gasteiger partial charge in [0.1, 0.15) is 0 Å². The van der Waals surface area contributed by atoms with E-state index in [1.165, 1.54) is 0 Å². The molecule has 0 spiro atoms. The maximum Gasteiger partial charge on any atom is 3.00 e. The fourth-order valence-electron chi connectivity index (χ4n) is 0. The minimum atomic E-state index is -5.61. The Morgan fingerprint density at radius 1 is 0.370 bits per heavy atom. The van der Waals surface area contributed by atoms with Gasteiger partial charge in [-0.25, -0.2) is 0 Å². The van der Waals surface area contributed by atoms with E-state index in [0.717, 1.165) is 0 Å². The molecule has 0 atom stereocenters. The first-order valence-electron chi connectivity index (χ1n) is 4.37. The maximum atomic E-state index is 8.91. The van der Waals surface area contributed by atoms with Gasteiger partial charge in [-0.1, -0.05) is 0 Å². The Labute approximate surface area is 181 Å². The van der Waals surface area contributed by atoms with Crippen molar-refractivity contribution in [2.75, 3.05) is 0 Å². The standard InChI is InChI=1S/Al.Mg.3H4O4Si.H3O4Si.O4Si/c;;5*1-5(2,3)4/h;;3*1-4H;1-3H;/q+3;+2;;;;-1;-4. The molecule has 0 aliphatic rings. The second-order valence-electron chi connectivity index (χ2n) is 2.87. The monoisotopic (exact) mass is 526 g/mol. The van der Waals surface area contributed by atoms with E-state index in [0.29, 0.717) is 0 Å². The summed E-state index contributed by atoms with van der Waals surface area (Å²) in [5.74, 6) is 0. The molecule has 0 amide bonds. The van der Waals surface area contributed by atoms with E-state index < -0.39 is 45.2 Å². The van der Waals surface area contributed by atoms with E-state index in [1.807, 2.05) is 0 Å². The van der Waals surface area contributed by atoms with E-state index in [-0.39, 0.29) is 40.4 Å². The Kier molecular flexibility index (Phi) is 33.8. The van der Waals surface area contributed by atoms with Crippen LogP contribution in [-0.2, 0) is 0 Å². The van der Waals surface area contributed by atoms with Gasteiger partial charge in [0.05, 0.1) is 0 Å². The van der Waals surface area contributed by atoms with Crippen molar-refractivity contribution in [3.8, 4) is 0 Å². The van der Waals surface area contributed by atoms with Crippen molar-refractivity contribution >= 4 is 85.7 Å². The summed E-state index contributed by atoms with van der Waals surface area (Å²) in [7, 11) is -24.3. The Morgan fingerprint density at radius 2 is 0.370 bits per heavy atom. The molecule has 160 valence electrons. The van der Waals surface area contributed by atoms with Crippen molar-refractivity contribution in [1.29, 1.82) is 0 Å². The molecule has 0 aromatic heterocycles. The van der Waals surface area contributed by atoms with Crippen LogP contribution in [0.3, 0.4) is 0 Å². The van der Waals surface area contributed by atoms with Crippen molar-refractivity contribution in [1.82, 2.24) is 0 Å². The van der Waals surface area contributed by atoms with E-state index in [2.05, 4.69) is 0 Å². The Bertz CT molecular complexity index is 178. The Hall–Kier alpha value is 1.58. The van der Waals surface area contributed by atoms with Crippen LogP contribution in [0.15, 0.2) is 0 Å². The van der Waals surface area contributed by atoms with Crippen molar-refractivity contribution in [3.05, 3.63) is 0 Å². The van der Waals surface area contributed by atoms with Crippen LogP contribution in [0.25, 0.3) is 0 Å². The van der Waals surface area contributed by atoms with Gasteiger partial charge in [-0.2, -0.15) is 0 Å². The van der Waals surface area contributed by atoms with Gasteiger partial charge in [0, 0.05) is 0 Å². The van der Waals surface area contributed by atoms with Crippen molar-refractivity contribution in [2.24, 2.45) is 0 Å². The van der Waals surface area contributed by atoms with E-state index in [4.69, 9.17) is 95.9 Å². The third kappa shape index (κ3) is 7200. The third-order valence-electron chi connectivity index (χ3n) is 0. The molecule has 0 saturated carbocycles. The summed E-state index contributed by atoms with van der Waals surface area (Å²) in [5.41, 5.74) is 0. The van der Waals surface area contributed by atoms with Gasteiger partial charge in [-0.3, -0.25) is 0 Å². The summed E-state index contributed by atoms with van der Waals surface area (Å²) < 4.78 is 0. The fourth-order valence-corrected chi connectivity index (χ4v) is 0. The van der Waals surface area contributed by atoms with Crippen LogP contribution in [0, 0.1) is 0 Å². The average Bonchev–Trinajstić information content (AvgIpc) is 1.79. The van der Waals surface area contributed by atoms with Crippen LogP contribution in [0.5, 0.6) is 0 Å². The fraction of sp³-hybridized carbons (Fsp3) is 0. The molecule has 0 rings (SSSR count). The molecular formula is H15AlMgO20Si5. The van der Waals surface area contributed by atoms with Gasteiger partial charge in [-0.05, 0) is 0 Å². The van der Waals surface area contributed by atoms with Gasteiger partial charge in [-0.15, -0.1) is 0 Å². The first-order valence-corrected chi connectivity index (χ1v) is 13.1. The van der Waals surface area contributed by atoms with E-state index >= 15 is 0 Å². The van der Waals surface area contributed by atoms with Gasteiger partial charge >= 0.3 is 76.6 Å². The zero-order valence-electron chi connectivity index (χ0n) is 12.5. The summed E-state index contributed by atoms with van der Waals surface area (Å²) in [6, 6.07) is 0. The molecule has 0 saturated heterocycles. The molecule has 27 heavy (non-hydrogen) atoms. The number of hydrogen-bond donors (Lipinski definition) is 15. The predicted octanol–water partition coefficient (Wildman–Crippen LogP) is -17.0. The molecule has 27 heteroatoms. The second-order valence-corrected chi connectivity index (χ2v) is 8.62. The number of rotatable bonds is 0. The van der Waals surface area contributed by atoms with Crippen LogP contribution >= 0.6 is 0 Å². The molecule has 15 N–H and O–H groups in total. The Balaban J connectivity index is -0.0000000364. The summed E-state index contributed by atoms with van der Waals surface area (Å²) in [5, 5.41) is 0. The minimum absolute atomic E-state index is 0. The Morgan fingerprint density at radius 3 is 0.370 bits per heavy atom. The summed E-state index contributed by atoms with van der Waals surface area (Å²) in [4.78, 5) is 153. The molecule has 0 radical (unpaired) electrons. The van der Waals surface area contributed by atoms with Crippen molar-refractivity contribution in [3.63, 3.8) is 0 Å². The molecule has 0 aromatic carbocycles. The summed E-state index contributed by atoms with van der Waals surface area (Å²) in [6.45, 7) is 0. The van der Waals surface area contributed by atoms with Crippen LogP contribution in [0.4, 0.5) is 0 Å². The topological polar surface area (TPSA) is 419 Å². The van der Waals surface area contributed by atoms with Gasteiger partial charge in [0.25, 0.3) is 0 Å². The summed E-state index contributed by atoms with van der Waals surface area (Å²) >= 11 is 0. The third-order valence-corrected chi connectivity index (χ3v) is 0. The largest absolute Gasteiger partial charge is 3.00 e. The molecule has 0 bridgehead atoms. The first kappa shape index (κ1) is 46.7. The van der Waals surface area contributed by atoms with E-state index in [1.54, 1.807) is 0 Å². The molecule has 20 nitrogen and oxygen atoms in total. The molecule has 0 aliphatic carbocycles. The molecule has 0 fully saturated rings. The smallest absolute Gasteiger partial charge is 0.894 e. The second kappa shape index (κ2) is 19.5. The van der Waals surface area contributed by atoms with Crippen LogP contribution in [-0.4, -0.2) is 158 Å². The van der Waals surface area contributed by atoms with Crippen LogP contribution in [0.2, 0.25) is 0 Å². The van der Waals surface area contributed by atoms with Crippen LogP contribution in [0.1, 0.15) is 0 Å². The normalized spacial score (nSPS) is 11.1. The average molecular weight is 527 g/mol. The van der Waals surface area contributed by atoms with Crippen molar-refractivity contribution < 1.29 is 95.9 Å². The molecular weight excluding hydrogens is 512 g/mol. The van der Waals surface area contributed by atoms with Crippen LogP contribution < -0.4 is 24.0 Å². The zero-order chi connectivity index (χ0) is 22.5. The van der Waals surface area contributed by atoms with Gasteiger partial charge in [0.15, 0.2) is 0 Å². The molecule has 0 unspecified atom stereocenters. The minimum Gasteiger partial charge on any atom is -0.894 e. The maximum absolute atomic E-state index is 8.91. The predicted molar refractivity (Wildman–Crippen MR) is 73.6 cm³/mol. The summed E-state index contributed by atoms with van der Waals surface area (Å²) in [6.07, 6.45) is 0. The number of hydrogen-bond acceptors (Lipinski definition) is 20. The molecule has 0 aliphatic heterocycles. The molecule has 0 heterocycles. The van der Waals surface area contributed by atoms with Gasteiger partial charge in [0.2, 0.25) is 0 Å². The first-order chi connectivity index (χ1) is 10.0. The SMILES string of the molecule is O[Si](O)(O)O.O[Si](O)(O)O.O[Si](O)(O)O.[Al+3].[Mg+2].[O-][Si](O)(O)O.[O-][Si]([O-])([O-])[O-]. The van der Waals surface area contributed by atoms with Gasteiger partial charge < -0.3 is 105 Å². The van der Waals surface area contributed by atoms with E-state index in [9.17, 15) is 0 Å². The molecule has 0 aromatic rings. The zero-order valence-corrected chi connectivity index (χ0v) is 20.1. The quantitative estimate of drug-likeness (QED) is 0.130.